The molecule has 0 aromatic heterocycles. The molecule has 0 saturated carbocycles. The summed E-state index contributed by atoms with van der Waals surface area (Å²) in [5.74, 6) is -0.588. The van der Waals surface area contributed by atoms with Gasteiger partial charge < -0.3 is 10.2 Å². The average Bonchev–Trinajstić information content (AvgIpc) is 2.18. The van der Waals surface area contributed by atoms with Crippen molar-refractivity contribution >= 4 is 11.5 Å². The van der Waals surface area contributed by atoms with Crippen molar-refractivity contribution in [1.82, 2.24) is 0 Å². The number of hydrogen-bond donors (Lipinski definition) is 2. The second-order valence-electron chi connectivity index (χ2n) is 3.49. The second kappa shape index (κ2) is 4.64. The van der Waals surface area contributed by atoms with Crippen molar-refractivity contribution in [2.45, 2.75) is 20.3 Å². The van der Waals surface area contributed by atoms with Crippen molar-refractivity contribution in [1.29, 1.82) is 0 Å². The molecular formula is C12H14O3. The highest BCUT2D eigenvalue weighted by atomic mass is 16.4. The van der Waals surface area contributed by atoms with E-state index in [1.807, 2.05) is 19.9 Å². The molecule has 0 heterocycles. The summed E-state index contributed by atoms with van der Waals surface area (Å²) in [5.41, 5.74) is 2.63. The number of aliphatic carboxylic acids is 1. The Balaban J connectivity index is 2.91. The highest BCUT2D eigenvalue weighted by molar-refractivity contribution is 5.73. The number of phenols is 1. The van der Waals surface area contributed by atoms with Crippen LogP contribution >= 0.6 is 0 Å². The monoisotopic (exact) mass is 206 g/mol. The molecule has 0 bridgehead atoms. The van der Waals surface area contributed by atoms with Crippen LogP contribution in [0.25, 0.3) is 5.57 Å². The molecule has 0 saturated heterocycles. The van der Waals surface area contributed by atoms with E-state index in [9.17, 15) is 9.90 Å². The minimum Gasteiger partial charge on any atom is -0.508 e. The lowest BCUT2D eigenvalue weighted by atomic mass is 10.0. The summed E-state index contributed by atoms with van der Waals surface area (Å²) in [4.78, 5) is 10.4. The number of carboxylic acid groups (broad SMARTS) is 1. The average molecular weight is 206 g/mol. The standard InChI is InChI=1S/C12H14O3/c1-8(3-6-12(14)15)10-4-5-11(13)9(2)7-10/h3-5,7,13H,6H2,1-2H3,(H,14,15)/b8-3+. The van der Waals surface area contributed by atoms with Gasteiger partial charge in [-0.3, -0.25) is 4.79 Å². The molecular weight excluding hydrogens is 192 g/mol. The number of carboxylic acids is 1. The maximum atomic E-state index is 10.4. The van der Waals surface area contributed by atoms with E-state index in [0.717, 1.165) is 16.7 Å². The van der Waals surface area contributed by atoms with E-state index in [-0.39, 0.29) is 12.2 Å². The molecule has 0 unspecified atom stereocenters. The summed E-state index contributed by atoms with van der Waals surface area (Å²) >= 11 is 0. The van der Waals surface area contributed by atoms with E-state index in [2.05, 4.69) is 0 Å². The van der Waals surface area contributed by atoms with E-state index < -0.39 is 5.97 Å². The molecule has 0 aliphatic rings. The van der Waals surface area contributed by atoms with Gasteiger partial charge in [0.1, 0.15) is 5.75 Å². The van der Waals surface area contributed by atoms with Gasteiger partial charge in [0.25, 0.3) is 0 Å². The van der Waals surface area contributed by atoms with Crippen LogP contribution in [0.2, 0.25) is 0 Å². The van der Waals surface area contributed by atoms with E-state index >= 15 is 0 Å². The Bertz CT molecular complexity index is 405. The van der Waals surface area contributed by atoms with E-state index in [4.69, 9.17) is 5.11 Å². The zero-order chi connectivity index (χ0) is 11.4. The molecule has 3 nitrogen and oxygen atoms in total. The first-order valence-corrected chi connectivity index (χ1v) is 4.69. The highest BCUT2D eigenvalue weighted by Crippen LogP contribution is 2.22. The van der Waals surface area contributed by atoms with E-state index in [1.54, 1.807) is 18.2 Å². The summed E-state index contributed by atoms with van der Waals surface area (Å²) in [6.07, 6.45) is 1.68. The molecule has 80 valence electrons. The minimum atomic E-state index is -0.843. The number of aryl methyl sites for hydroxylation is 1. The number of benzene rings is 1. The Hall–Kier alpha value is -1.77. The van der Waals surface area contributed by atoms with Crippen molar-refractivity contribution < 1.29 is 15.0 Å². The number of rotatable bonds is 3. The van der Waals surface area contributed by atoms with Gasteiger partial charge in [0.05, 0.1) is 6.42 Å². The van der Waals surface area contributed by atoms with E-state index in [1.165, 1.54) is 0 Å². The molecule has 3 heteroatoms. The molecule has 0 atom stereocenters. The lowest BCUT2D eigenvalue weighted by Crippen LogP contribution is -1.91. The summed E-state index contributed by atoms with van der Waals surface area (Å²) in [5, 5.41) is 17.9. The van der Waals surface area contributed by atoms with Gasteiger partial charge in [0.2, 0.25) is 0 Å². The first-order chi connectivity index (χ1) is 7.00. The van der Waals surface area contributed by atoms with Gasteiger partial charge in [-0.2, -0.15) is 0 Å². The third-order valence-electron chi connectivity index (χ3n) is 2.24. The molecule has 2 N–H and O–H groups in total. The van der Waals surface area contributed by atoms with Crippen LogP contribution in [0, 0.1) is 6.92 Å². The lowest BCUT2D eigenvalue weighted by molar-refractivity contribution is -0.135. The van der Waals surface area contributed by atoms with Crippen molar-refractivity contribution in [3.8, 4) is 5.75 Å². The number of phenolic OH excluding ortho intramolecular Hbond substituents is 1. The normalized spacial score (nSPS) is 11.5. The van der Waals surface area contributed by atoms with Gasteiger partial charge in [0.15, 0.2) is 0 Å². The fourth-order valence-electron chi connectivity index (χ4n) is 1.26. The number of allylic oxidation sites excluding steroid dienone is 1. The third kappa shape index (κ3) is 3.13. The quantitative estimate of drug-likeness (QED) is 0.799. The highest BCUT2D eigenvalue weighted by Gasteiger charge is 2.00. The Morgan fingerprint density at radius 3 is 2.67 bits per heavy atom. The topological polar surface area (TPSA) is 57.5 Å². The zero-order valence-corrected chi connectivity index (χ0v) is 8.82. The van der Waals surface area contributed by atoms with Gasteiger partial charge in [-0.05, 0) is 42.7 Å². The lowest BCUT2D eigenvalue weighted by Gasteiger charge is -2.04. The van der Waals surface area contributed by atoms with Crippen molar-refractivity contribution in [2.75, 3.05) is 0 Å². The van der Waals surface area contributed by atoms with Gasteiger partial charge in [0, 0.05) is 0 Å². The molecule has 0 radical (unpaired) electrons. The van der Waals surface area contributed by atoms with Crippen LogP contribution in [0.1, 0.15) is 24.5 Å². The summed E-state index contributed by atoms with van der Waals surface area (Å²) in [6.45, 7) is 3.66. The fraction of sp³-hybridized carbons (Fsp3) is 0.250. The second-order valence-corrected chi connectivity index (χ2v) is 3.49. The molecule has 0 amide bonds. The molecule has 0 aliphatic heterocycles. The number of aromatic hydroxyl groups is 1. The molecule has 15 heavy (non-hydrogen) atoms. The molecule has 0 aliphatic carbocycles. The third-order valence-corrected chi connectivity index (χ3v) is 2.24. The fourth-order valence-corrected chi connectivity index (χ4v) is 1.26. The largest absolute Gasteiger partial charge is 0.508 e. The molecule has 0 spiro atoms. The Morgan fingerprint density at radius 2 is 2.13 bits per heavy atom. The Kier molecular flexibility index (Phi) is 3.50. The van der Waals surface area contributed by atoms with Gasteiger partial charge in [-0.1, -0.05) is 12.1 Å². The maximum Gasteiger partial charge on any atom is 0.307 e. The van der Waals surface area contributed by atoms with Crippen LogP contribution in [0.3, 0.4) is 0 Å². The minimum absolute atomic E-state index is 0.0196. The molecule has 1 aromatic rings. The van der Waals surface area contributed by atoms with Crippen LogP contribution in [-0.4, -0.2) is 16.2 Å². The van der Waals surface area contributed by atoms with Crippen molar-refractivity contribution in [2.24, 2.45) is 0 Å². The first-order valence-electron chi connectivity index (χ1n) is 4.69. The maximum absolute atomic E-state index is 10.4. The van der Waals surface area contributed by atoms with Crippen molar-refractivity contribution in [3.63, 3.8) is 0 Å². The number of hydrogen-bond acceptors (Lipinski definition) is 2. The Labute approximate surface area is 88.7 Å². The SMILES string of the molecule is C/C(=C\CC(=O)O)c1ccc(O)c(C)c1. The predicted octanol–water partition coefficient (Wildman–Crippen LogP) is 2.58. The predicted molar refractivity (Wildman–Crippen MR) is 58.7 cm³/mol. The van der Waals surface area contributed by atoms with Crippen LogP contribution in [0.15, 0.2) is 24.3 Å². The summed E-state index contributed by atoms with van der Waals surface area (Å²) in [7, 11) is 0. The van der Waals surface area contributed by atoms with Gasteiger partial charge in [-0.15, -0.1) is 0 Å². The van der Waals surface area contributed by atoms with Crippen molar-refractivity contribution in [3.05, 3.63) is 35.4 Å². The van der Waals surface area contributed by atoms with Gasteiger partial charge in [-0.25, -0.2) is 0 Å². The summed E-state index contributed by atoms with van der Waals surface area (Å²) in [6, 6.07) is 5.22. The Morgan fingerprint density at radius 1 is 1.47 bits per heavy atom. The van der Waals surface area contributed by atoms with Crippen LogP contribution in [0.4, 0.5) is 0 Å². The molecule has 1 rings (SSSR count). The van der Waals surface area contributed by atoms with Crippen LogP contribution in [-0.2, 0) is 4.79 Å². The smallest absolute Gasteiger partial charge is 0.307 e. The first kappa shape index (κ1) is 11.3. The van der Waals surface area contributed by atoms with Crippen LogP contribution in [0.5, 0.6) is 5.75 Å². The summed E-state index contributed by atoms with van der Waals surface area (Å²) < 4.78 is 0. The van der Waals surface area contributed by atoms with Gasteiger partial charge >= 0.3 is 5.97 Å². The molecule has 1 aromatic carbocycles. The molecule has 0 fully saturated rings. The van der Waals surface area contributed by atoms with Crippen LogP contribution < -0.4 is 0 Å². The van der Waals surface area contributed by atoms with E-state index in [0.29, 0.717) is 0 Å². The zero-order valence-electron chi connectivity index (χ0n) is 8.82. The number of carbonyl (C=O) groups is 1.